The summed E-state index contributed by atoms with van der Waals surface area (Å²) in [5.41, 5.74) is 2.20. The van der Waals surface area contributed by atoms with E-state index in [4.69, 9.17) is 11.6 Å². The zero-order valence-electron chi connectivity index (χ0n) is 11.3. The average molecular weight is 364 g/mol. The Labute approximate surface area is 133 Å². The molecule has 0 aliphatic carbocycles. The molecule has 0 atom stereocenters. The number of benzene rings is 1. The Bertz CT molecular complexity index is 778. The van der Waals surface area contributed by atoms with Crippen LogP contribution in [0.4, 0.5) is 5.82 Å². The molecule has 4 rings (SSSR count). The van der Waals surface area contributed by atoms with Crippen molar-refractivity contribution in [1.82, 2.24) is 15.4 Å². The molecule has 0 unspecified atom stereocenters. The first kappa shape index (κ1) is 13.3. The molecule has 0 radical (unpaired) electrons. The molecular weight excluding hydrogens is 351 g/mol. The SMILES string of the molecule is Clc1ccc(-c2cc3nnnc(N4CCCC4)c3[se]2)cc1. The van der Waals surface area contributed by atoms with Gasteiger partial charge in [-0.25, -0.2) is 0 Å². The third-order valence-electron chi connectivity index (χ3n) is 3.74. The van der Waals surface area contributed by atoms with Gasteiger partial charge in [0.25, 0.3) is 0 Å². The van der Waals surface area contributed by atoms with Crippen LogP contribution in [0.25, 0.3) is 19.8 Å². The summed E-state index contributed by atoms with van der Waals surface area (Å²) in [6.07, 6.45) is 2.48. The van der Waals surface area contributed by atoms with E-state index in [1.165, 1.54) is 27.1 Å². The first-order valence-corrected chi connectivity index (χ1v) is 9.04. The first-order valence-electron chi connectivity index (χ1n) is 6.95. The number of hydrogen-bond acceptors (Lipinski definition) is 4. The molecule has 0 saturated carbocycles. The minimum atomic E-state index is 0.226. The first-order chi connectivity index (χ1) is 10.3. The average Bonchev–Trinajstić information content (AvgIpc) is 3.17. The Morgan fingerprint density at radius 1 is 1.05 bits per heavy atom. The van der Waals surface area contributed by atoms with Crippen molar-refractivity contribution in [2.24, 2.45) is 0 Å². The van der Waals surface area contributed by atoms with Gasteiger partial charge in [-0.2, -0.15) is 0 Å². The second-order valence-corrected chi connectivity index (χ2v) is 7.78. The van der Waals surface area contributed by atoms with E-state index < -0.39 is 0 Å². The van der Waals surface area contributed by atoms with Crippen LogP contribution >= 0.6 is 11.6 Å². The van der Waals surface area contributed by atoms with Crippen LogP contribution in [-0.4, -0.2) is 43.0 Å². The molecule has 21 heavy (non-hydrogen) atoms. The zero-order valence-corrected chi connectivity index (χ0v) is 13.8. The number of fused-ring (bicyclic) bond motifs is 1. The van der Waals surface area contributed by atoms with Gasteiger partial charge in [-0.3, -0.25) is 0 Å². The van der Waals surface area contributed by atoms with E-state index in [2.05, 4.69) is 38.5 Å². The van der Waals surface area contributed by atoms with Crippen LogP contribution in [0.2, 0.25) is 5.02 Å². The van der Waals surface area contributed by atoms with Crippen LogP contribution in [0.15, 0.2) is 30.3 Å². The van der Waals surface area contributed by atoms with Gasteiger partial charge in [0.1, 0.15) is 0 Å². The predicted octanol–water partition coefficient (Wildman–Crippen LogP) is 3.00. The minimum absolute atomic E-state index is 0.226. The maximum atomic E-state index is 5.97. The molecule has 3 aromatic rings. The van der Waals surface area contributed by atoms with Gasteiger partial charge in [0, 0.05) is 0 Å². The van der Waals surface area contributed by atoms with Crippen molar-refractivity contribution in [2.45, 2.75) is 12.8 Å². The monoisotopic (exact) mass is 364 g/mol. The molecule has 0 bridgehead atoms. The maximum absolute atomic E-state index is 5.97. The third-order valence-corrected chi connectivity index (χ3v) is 6.45. The van der Waals surface area contributed by atoms with E-state index in [9.17, 15) is 0 Å². The summed E-state index contributed by atoms with van der Waals surface area (Å²) in [6.45, 7) is 2.16. The van der Waals surface area contributed by atoms with Gasteiger partial charge >= 0.3 is 133 Å². The van der Waals surface area contributed by atoms with Gasteiger partial charge in [-0.05, 0) is 0 Å². The Kier molecular flexibility index (Phi) is 3.41. The number of rotatable bonds is 2. The molecule has 0 N–H and O–H groups in total. The van der Waals surface area contributed by atoms with Crippen molar-refractivity contribution in [1.29, 1.82) is 0 Å². The summed E-state index contributed by atoms with van der Waals surface area (Å²) in [5, 5.41) is 13.2. The fourth-order valence-corrected chi connectivity index (χ4v) is 5.12. The van der Waals surface area contributed by atoms with Crippen LogP contribution in [0, 0.1) is 0 Å². The molecule has 1 fully saturated rings. The number of nitrogens with zero attached hydrogens (tertiary/aromatic N) is 4. The molecule has 1 aliphatic rings. The van der Waals surface area contributed by atoms with Gasteiger partial charge in [0.15, 0.2) is 0 Å². The molecule has 3 heterocycles. The standard InChI is InChI=1S/C15H13ClN4Se/c16-11-5-3-10(4-6-11)13-9-12-14(21-13)15(18-19-17-12)20-7-1-2-8-20/h3-6,9H,1-2,7-8H2. The molecular formula is C15H13ClN4Se. The van der Waals surface area contributed by atoms with Crippen LogP contribution in [-0.2, 0) is 0 Å². The third kappa shape index (κ3) is 2.46. The number of hydrogen-bond donors (Lipinski definition) is 0. The van der Waals surface area contributed by atoms with Crippen molar-refractivity contribution in [3.8, 4) is 10.0 Å². The molecule has 1 saturated heterocycles. The van der Waals surface area contributed by atoms with Crippen molar-refractivity contribution < 1.29 is 0 Å². The summed E-state index contributed by atoms with van der Waals surface area (Å²) in [6, 6.07) is 10.1. The van der Waals surface area contributed by atoms with Crippen molar-refractivity contribution >= 4 is 41.7 Å². The van der Waals surface area contributed by atoms with Crippen LogP contribution < -0.4 is 4.90 Å². The Morgan fingerprint density at radius 2 is 1.81 bits per heavy atom. The van der Waals surface area contributed by atoms with E-state index >= 15 is 0 Å². The fourth-order valence-electron chi connectivity index (χ4n) is 2.67. The number of anilines is 1. The molecule has 0 amide bonds. The molecule has 0 spiro atoms. The van der Waals surface area contributed by atoms with Crippen molar-refractivity contribution in [2.75, 3.05) is 18.0 Å². The molecule has 2 aromatic heterocycles. The van der Waals surface area contributed by atoms with Crippen LogP contribution in [0.1, 0.15) is 12.8 Å². The molecule has 1 aliphatic heterocycles. The Balaban J connectivity index is 1.82. The van der Waals surface area contributed by atoms with Crippen molar-refractivity contribution in [3.05, 3.63) is 35.4 Å². The van der Waals surface area contributed by atoms with Crippen molar-refractivity contribution in [3.63, 3.8) is 0 Å². The molecule has 6 heteroatoms. The second-order valence-electron chi connectivity index (χ2n) is 5.14. The number of aromatic nitrogens is 3. The summed E-state index contributed by atoms with van der Waals surface area (Å²) in [5.74, 6) is 1.04. The summed E-state index contributed by atoms with van der Waals surface area (Å²) >= 11 is 6.19. The van der Waals surface area contributed by atoms with E-state index in [1.54, 1.807) is 0 Å². The van der Waals surface area contributed by atoms with Gasteiger partial charge in [-0.15, -0.1) is 0 Å². The van der Waals surface area contributed by atoms with Gasteiger partial charge in [-0.1, -0.05) is 0 Å². The molecule has 1 aromatic carbocycles. The molecule has 4 nitrogen and oxygen atoms in total. The topological polar surface area (TPSA) is 41.9 Å². The van der Waals surface area contributed by atoms with E-state index in [1.807, 2.05) is 12.1 Å². The van der Waals surface area contributed by atoms with Crippen LogP contribution in [0.5, 0.6) is 0 Å². The number of halogens is 1. The summed E-state index contributed by atoms with van der Waals surface area (Å²) in [7, 11) is 0. The van der Waals surface area contributed by atoms with Gasteiger partial charge in [0.05, 0.1) is 0 Å². The van der Waals surface area contributed by atoms with Crippen LogP contribution in [0.3, 0.4) is 0 Å². The normalized spacial score (nSPS) is 15.0. The van der Waals surface area contributed by atoms with E-state index in [-0.39, 0.29) is 14.5 Å². The fraction of sp³-hybridized carbons (Fsp3) is 0.267. The predicted molar refractivity (Wildman–Crippen MR) is 86.2 cm³/mol. The van der Waals surface area contributed by atoms with E-state index in [0.717, 1.165) is 29.4 Å². The second kappa shape index (κ2) is 5.41. The Morgan fingerprint density at radius 3 is 2.57 bits per heavy atom. The summed E-state index contributed by atoms with van der Waals surface area (Å²) < 4.78 is 2.58. The van der Waals surface area contributed by atoms with E-state index in [0.29, 0.717) is 0 Å². The zero-order chi connectivity index (χ0) is 14.2. The van der Waals surface area contributed by atoms with Gasteiger partial charge in [0.2, 0.25) is 0 Å². The molecule has 106 valence electrons. The van der Waals surface area contributed by atoms with Gasteiger partial charge < -0.3 is 0 Å². The quantitative estimate of drug-likeness (QED) is 0.656. The Hall–Kier alpha value is -1.42. The summed E-state index contributed by atoms with van der Waals surface area (Å²) in [4.78, 5) is 2.34.